The van der Waals surface area contributed by atoms with Gasteiger partial charge in [0.05, 0.1) is 33.8 Å². The molecule has 0 radical (unpaired) electrons. The molecular weight excluding hydrogens is 464 g/mol. The number of nitrogens with zero attached hydrogens (tertiary/aromatic N) is 3. The molecule has 0 amide bonds. The monoisotopic (exact) mass is 488 g/mol. The second-order valence-corrected chi connectivity index (χ2v) is 9.85. The molecule has 3 heterocycles. The van der Waals surface area contributed by atoms with Crippen LogP contribution in [0.3, 0.4) is 0 Å². The van der Waals surface area contributed by atoms with E-state index in [-0.39, 0.29) is 0 Å². The number of thiazole rings is 1. The first-order valence-corrected chi connectivity index (χ1v) is 12.8. The molecule has 0 fully saturated rings. The van der Waals surface area contributed by atoms with Crippen LogP contribution in [-0.2, 0) is 18.4 Å². The number of hydrogen-bond donors (Lipinski definition) is 3. The Morgan fingerprint density at radius 3 is 2.94 bits per heavy atom. The predicted octanol–water partition coefficient (Wildman–Crippen LogP) is 5.47. The summed E-state index contributed by atoms with van der Waals surface area (Å²) in [4.78, 5) is 9.66. The molecule has 0 spiro atoms. The lowest BCUT2D eigenvalue weighted by Gasteiger charge is -2.09. The van der Waals surface area contributed by atoms with Crippen LogP contribution in [0.1, 0.15) is 11.3 Å². The van der Waals surface area contributed by atoms with Crippen LogP contribution in [0, 0.1) is 6.92 Å². The highest BCUT2D eigenvalue weighted by molar-refractivity contribution is 7.95. The van der Waals surface area contributed by atoms with Crippen molar-refractivity contribution in [1.82, 2.24) is 19.9 Å². The van der Waals surface area contributed by atoms with Crippen molar-refractivity contribution in [3.63, 3.8) is 0 Å². The third-order valence-electron chi connectivity index (χ3n) is 5.58. The molecule has 1 atom stereocenters. The molecule has 0 aliphatic carbocycles. The Bertz CT molecular complexity index is 1430. The summed E-state index contributed by atoms with van der Waals surface area (Å²) in [7, 11) is 2.01. The zero-order valence-electron chi connectivity index (χ0n) is 18.8. The van der Waals surface area contributed by atoms with Gasteiger partial charge in [-0.15, -0.1) is 11.3 Å². The number of allylic oxidation sites excluding steroid dienone is 2. The van der Waals surface area contributed by atoms with Crippen LogP contribution in [0.5, 0.6) is 0 Å². The summed E-state index contributed by atoms with van der Waals surface area (Å²) in [5, 5.41) is 10.9. The fraction of sp³-hybridized carbons (Fsp3) is 0.120. The molecule has 9 heteroatoms. The number of nitrogens with one attached hydrogen (secondary N) is 3. The van der Waals surface area contributed by atoms with Crippen LogP contribution in [0.25, 0.3) is 28.0 Å². The van der Waals surface area contributed by atoms with Gasteiger partial charge >= 0.3 is 0 Å². The van der Waals surface area contributed by atoms with Crippen molar-refractivity contribution in [3.05, 3.63) is 83.4 Å². The van der Waals surface area contributed by atoms with Gasteiger partial charge in [0.2, 0.25) is 0 Å². The van der Waals surface area contributed by atoms with E-state index in [0.717, 1.165) is 62.3 Å². The molecule has 34 heavy (non-hydrogen) atoms. The quantitative estimate of drug-likeness (QED) is 0.299. The van der Waals surface area contributed by atoms with E-state index in [4.69, 9.17) is 9.97 Å². The zero-order valence-corrected chi connectivity index (χ0v) is 20.5. The third kappa shape index (κ3) is 4.45. The highest BCUT2D eigenvalue weighted by Crippen LogP contribution is 2.32. The highest BCUT2D eigenvalue weighted by atomic mass is 32.2. The minimum atomic E-state index is -1.33. The van der Waals surface area contributed by atoms with Gasteiger partial charge in [-0.3, -0.25) is 0 Å². The molecule has 5 rings (SSSR count). The summed E-state index contributed by atoms with van der Waals surface area (Å²) in [6, 6.07) is 11.9. The molecule has 2 aromatic carbocycles. The Morgan fingerprint density at radius 2 is 2.15 bits per heavy atom. The highest BCUT2D eigenvalue weighted by Gasteiger charge is 2.15. The molecule has 2 aromatic heterocycles. The fourth-order valence-electron chi connectivity index (χ4n) is 3.84. The number of hydrogen-bond acceptors (Lipinski definition) is 7. The van der Waals surface area contributed by atoms with Gasteiger partial charge in [0.15, 0.2) is 5.13 Å². The van der Waals surface area contributed by atoms with Crippen LogP contribution in [0.4, 0.5) is 16.5 Å². The van der Waals surface area contributed by atoms with E-state index in [1.165, 1.54) is 5.41 Å². The van der Waals surface area contributed by atoms with Crippen molar-refractivity contribution in [2.75, 3.05) is 16.6 Å². The number of aromatic nitrogens is 3. The first-order valence-electron chi connectivity index (χ1n) is 10.7. The zero-order chi connectivity index (χ0) is 23.7. The maximum absolute atomic E-state index is 11.8. The predicted molar refractivity (Wildman–Crippen MR) is 143 cm³/mol. The number of anilines is 3. The van der Waals surface area contributed by atoms with Gasteiger partial charge in [0.1, 0.15) is 11.2 Å². The number of rotatable bonds is 7. The second kappa shape index (κ2) is 9.38. The topological polar surface area (TPSA) is 89.9 Å². The summed E-state index contributed by atoms with van der Waals surface area (Å²) in [5.74, 6) is 0.834. The minimum Gasteiger partial charge on any atom is -0.588 e. The average Bonchev–Trinajstić information content (AvgIpc) is 3.45. The van der Waals surface area contributed by atoms with E-state index >= 15 is 0 Å². The van der Waals surface area contributed by atoms with Crippen LogP contribution < -0.4 is 15.4 Å². The number of aryl methyl sites for hydroxylation is 2. The molecule has 0 saturated carbocycles. The maximum Gasteiger partial charge on any atom is 0.187 e. The Kier molecular flexibility index (Phi) is 6.14. The molecule has 4 aromatic rings. The second-order valence-electron chi connectivity index (χ2n) is 7.86. The molecule has 7 nitrogen and oxygen atoms in total. The van der Waals surface area contributed by atoms with Crippen molar-refractivity contribution in [1.29, 1.82) is 0 Å². The summed E-state index contributed by atoms with van der Waals surface area (Å²) >= 11 is 0.258. The summed E-state index contributed by atoms with van der Waals surface area (Å²) in [6.07, 6.45) is 6.11. The van der Waals surface area contributed by atoms with Gasteiger partial charge in [-0.25, -0.2) is 14.7 Å². The van der Waals surface area contributed by atoms with Crippen LogP contribution in [0.2, 0.25) is 0 Å². The number of fused-ring (bicyclic) bond motifs is 1. The SMILES string of the molecule is C=C[S+]([O-])Nc1cccc(-c2nc3cc(Nc4nc(C5=CCNC=C5)cs4)c(C)cc3n2C)c1. The van der Waals surface area contributed by atoms with E-state index < -0.39 is 11.4 Å². The van der Waals surface area contributed by atoms with Crippen molar-refractivity contribution >= 4 is 55.8 Å². The van der Waals surface area contributed by atoms with Gasteiger partial charge in [-0.05, 0) is 55.6 Å². The fourth-order valence-corrected chi connectivity index (χ4v) is 5.01. The van der Waals surface area contributed by atoms with Gasteiger partial charge in [0.25, 0.3) is 0 Å². The van der Waals surface area contributed by atoms with Gasteiger partial charge < -0.3 is 19.8 Å². The van der Waals surface area contributed by atoms with Crippen molar-refractivity contribution in [2.24, 2.45) is 7.05 Å². The maximum atomic E-state index is 11.8. The average molecular weight is 489 g/mol. The lowest BCUT2D eigenvalue weighted by Crippen LogP contribution is -2.08. The molecule has 1 unspecified atom stereocenters. The van der Waals surface area contributed by atoms with E-state index in [2.05, 4.69) is 57.0 Å². The summed E-state index contributed by atoms with van der Waals surface area (Å²) < 4.78 is 16.8. The first-order chi connectivity index (χ1) is 16.5. The molecule has 3 N–H and O–H groups in total. The Hall–Kier alpha value is -3.53. The van der Waals surface area contributed by atoms with Crippen molar-refractivity contribution < 1.29 is 4.55 Å². The first kappa shape index (κ1) is 22.3. The minimum absolute atomic E-state index is 0.750. The largest absolute Gasteiger partial charge is 0.588 e. The Balaban J connectivity index is 1.44. The number of dihydropyridines is 1. The van der Waals surface area contributed by atoms with Gasteiger partial charge in [0, 0.05) is 35.8 Å². The van der Waals surface area contributed by atoms with E-state index in [9.17, 15) is 4.55 Å². The number of imidazole rings is 1. The van der Waals surface area contributed by atoms with Gasteiger partial charge in [-0.2, -0.15) is 0 Å². The third-order valence-corrected chi connectivity index (χ3v) is 7.08. The molecular formula is C25H24N6OS2. The molecule has 1 aliphatic heterocycles. The van der Waals surface area contributed by atoms with E-state index in [1.54, 1.807) is 11.3 Å². The normalized spacial score (nSPS) is 13.9. The van der Waals surface area contributed by atoms with Gasteiger partial charge in [-0.1, -0.05) is 18.2 Å². The van der Waals surface area contributed by atoms with E-state index in [1.807, 2.05) is 43.6 Å². The Morgan fingerprint density at radius 1 is 1.26 bits per heavy atom. The lowest BCUT2D eigenvalue weighted by atomic mass is 10.1. The molecule has 172 valence electrons. The van der Waals surface area contributed by atoms with Crippen LogP contribution >= 0.6 is 11.3 Å². The van der Waals surface area contributed by atoms with E-state index in [0.29, 0.717) is 0 Å². The standard InChI is InChI=1S/C25H24N6OS2/c1-4-34(32)30-19-7-5-6-18(13-19)24-27-21-14-20(16(2)12-23(21)31(24)3)28-25-29-22(15-33-25)17-8-10-26-11-9-17/h4-10,12-15,26,30H,1,11H2,2-3H3,(H,28,29). The molecule has 0 saturated heterocycles. The lowest BCUT2D eigenvalue weighted by molar-refractivity contribution is 0.608. The Labute approximate surface area is 205 Å². The summed E-state index contributed by atoms with van der Waals surface area (Å²) in [6.45, 7) is 6.45. The van der Waals surface area contributed by atoms with Crippen molar-refractivity contribution in [2.45, 2.75) is 6.92 Å². The van der Waals surface area contributed by atoms with Crippen LogP contribution in [0.15, 0.2) is 72.1 Å². The molecule has 1 aliphatic rings. The number of benzene rings is 2. The van der Waals surface area contributed by atoms with Crippen LogP contribution in [-0.4, -0.2) is 25.6 Å². The molecule has 0 bridgehead atoms. The summed E-state index contributed by atoms with van der Waals surface area (Å²) in [5.41, 5.74) is 7.79. The smallest absolute Gasteiger partial charge is 0.187 e. The van der Waals surface area contributed by atoms with Crippen molar-refractivity contribution in [3.8, 4) is 11.4 Å².